The van der Waals surface area contributed by atoms with Gasteiger partial charge in [-0.3, -0.25) is 9.52 Å². The average molecular weight is 473 g/mol. The van der Waals surface area contributed by atoms with E-state index < -0.39 is 15.9 Å². The number of sulfonamides is 1. The van der Waals surface area contributed by atoms with E-state index in [4.69, 9.17) is 28.5 Å². The van der Waals surface area contributed by atoms with Gasteiger partial charge in [-0.05, 0) is 54.1 Å². The lowest BCUT2D eigenvalue weighted by Gasteiger charge is -2.11. The van der Waals surface area contributed by atoms with Gasteiger partial charge in [0.05, 0.1) is 33.5 Å². The van der Waals surface area contributed by atoms with E-state index in [1.807, 2.05) is 6.07 Å². The molecule has 0 spiro atoms. The zero-order valence-corrected chi connectivity index (χ0v) is 18.0. The molecule has 31 heavy (non-hydrogen) atoms. The maximum atomic E-state index is 12.7. The van der Waals surface area contributed by atoms with E-state index in [0.29, 0.717) is 16.1 Å². The van der Waals surface area contributed by atoms with E-state index in [-0.39, 0.29) is 21.2 Å². The van der Waals surface area contributed by atoms with Gasteiger partial charge in [-0.1, -0.05) is 41.4 Å². The Labute approximate surface area is 189 Å². The number of halogens is 2. The number of amides is 1. The molecule has 0 bridgehead atoms. The molecular weight excluding hydrogens is 459 g/mol. The zero-order chi connectivity index (χ0) is 22.4. The smallest absolute Gasteiger partial charge is 0.271 e. The van der Waals surface area contributed by atoms with Gasteiger partial charge in [0.1, 0.15) is 0 Å². The van der Waals surface area contributed by atoms with Crippen LogP contribution in [0.15, 0.2) is 76.7 Å². The molecule has 0 unspecified atom stereocenters. The van der Waals surface area contributed by atoms with Gasteiger partial charge in [-0.2, -0.15) is 10.4 Å². The minimum atomic E-state index is -4.02. The molecule has 156 valence electrons. The normalized spacial score (nSPS) is 11.1. The summed E-state index contributed by atoms with van der Waals surface area (Å²) in [6.45, 7) is 0. The van der Waals surface area contributed by atoms with Crippen LogP contribution in [0.5, 0.6) is 0 Å². The lowest BCUT2D eigenvalue weighted by Crippen LogP contribution is -2.19. The summed E-state index contributed by atoms with van der Waals surface area (Å²) >= 11 is 11.9. The summed E-state index contributed by atoms with van der Waals surface area (Å²) < 4.78 is 27.7. The molecule has 0 radical (unpaired) electrons. The topological polar surface area (TPSA) is 111 Å². The summed E-state index contributed by atoms with van der Waals surface area (Å²) in [5.74, 6) is -0.595. The fraction of sp³-hybridized carbons (Fsp3) is 0. The van der Waals surface area contributed by atoms with Crippen LogP contribution in [0.25, 0.3) is 0 Å². The maximum absolute atomic E-state index is 12.7. The minimum absolute atomic E-state index is 0.0945. The number of hydrazone groups is 1. The first-order valence-corrected chi connectivity index (χ1v) is 10.9. The molecule has 2 N–H and O–H groups in total. The summed E-state index contributed by atoms with van der Waals surface area (Å²) in [5, 5.41) is 13.1. The van der Waals surface area contributed by atoms with Crippen molar-refractivity contribution in [3.63, 3.8) is 0 Å². The standard InChI is InChI=1S/C21H14Cl2N4O3S/c22-17-8-9-19(23)20(11-17)27-31(29,30)18-3-1-2-16(10-18)21(28)26-25-13-15-6-4-14(12-24)5-7-15/h1-11,13,27H,(H,26,28)/b25-13+. The van der Waals surface area contributed by atoms with Gasteiger partial charge >= 0.3 is 0 Å². The summed E-state index contributed by atoms with van der Waals surface area (Å²) in [6, 6.07) is 18.4. The quantitative estimate of drug-likeness (QED) is 0.408. The molecule has 0 atom stereocenters. The number of carbonyl (C=O) groups excluding carboxylic acids is 1. The monoisotopic (exact) mass is 472 g/mol. The maximum Gasteiger partial charge on any atom is 0.271 e. The second kappa shape index (κ2) is 9.62. The molecule has 1 amide bonds. The van der Waals surface area contributed by atoms with Gasteiger partial charge in [0, 0.05) is 10.6 Å². The highest BCUT2D eigenvalue weighted by molar-refractivity contribution is 7.92. The summed E-state index contributed by atoms with van der Waals surface area (Å²) in [4.78, 5) is 12.2. The van der Waals surface area contributed by atoms with Crippen molar-refractivity contribution in [1.29, 1.82) is 5.26 Å². The third-order valence-electron chi connectivity index (χ3n) is 4.00. The Balaban J connectivity index is 1.73. The third kappa shape index (κ3) is 5.83. The second-order valence-corrected chi connectivity index (χ2v) is 8.72. The van der Waals surface area contributed by atoms with Crippen LogP contribution in [-0.2, 0) is 10.0 Å². The molecule has 0 heterocycles. The zero-order valence-electron chi connectivity index (χ0n) is 15.7. The fourth-order valence-corrected chi connectivity index (χ4v) is 3.97. The number of hydrogen-bond donors (Lipinski definition) is 2. The van der Waals surface area contributed by atoms with E-state index in [0.717, 1.165) is 0 Å². The van der Waals surface area contributed by atoms with Crippen molar-refractivity contribution < 1.29 is 13.2 Å². The average Bonchev–Trinajstić information content (AvgIpc) is 2.76. The Hall–Kier alpha value is -3.38. The Morgan fingerprint density at radius 2 is 1.77 bits per heavy atom. The molecule has 0 aromatic heterocycles. The lowest BCUT2D eigenvalue weighted by atomic mass is 10.2. The molecule has 3 rings (SSSR count). The highest BCUT2D eigenvalue weighted by atomic mass is 35.5. The fourth-order valence-electron chi connectivity index (χ4n) is 2.46. The Morgan fingerprint density at radius 3 is 2.48 bits per heavy atom. The van der Waals surface area contributed by atoms with Crippen molar-refractivity contribution in [2.24, 2.45) is 5.10 Å². The first-order valence-electron chi connectivity index (χ1n) is 8.70. The SMILES string of the molecule is N#Cc1ccc(/C=N/NC(=O)c2cccc(S(=O)(=O)Nc3cc(Cl)ccc3Cl)c2)cc1. The van der Waals surface area contributed by atoms with Crippen molar-refractivity contribution in [3.05, 3.63) is 93.5 Å². The van der Waals surface area contributed by atoms with Gasteiger partial charge < -0.3 is 0 Å². The van der Waals surface area contributed by atoms with E-state index in [1.54, 1.807) is 24.3 Å². The number of nitrogens with zero attached hydrogens (tertiary/aromatic N) is 2. The van der Waals surface area contributed by atoms with Crippen molar-refractivity contribution >= 4 is 51.0 Å². The number of benzene rings is 3. The van der Waals surface area contributed by atoms with Gasteiger partial charge in [-0.25, -0.2) is 13.8 Å². The van der Waals surface area contributed by atoms with Crippen LogP contribution in [0, 0.1) is 11.3 Å². The number of nitrogens with one attached hydrogen (secondary N) is 2. The molecule has 0 aliphatic rings. The first kappa shape index (κ1) is 22.3. The molecule has 10 heteroatoms. The van der Waals surface area contributed by atoms with Crippen molar-refractivity contribution in [1.82, 2.24) is 5.43 Å². The predicted octanol–water partition coefficient (Wildman–Crippen LogP) is 4.43. The van der Waals surface area contributed by atoms with Crippen LogP contribution in [0.1, 0.15) is 21.5 Å². The van der Waals surface area contributed by atoms with Crippen LogP contribution in [0.4, 0.5) is 5.69 Å². The molecule has 7 nitrogen and oxygen atoms in total. The molecule has 0 fully saturated rings. The molecule has 0 aliphatic carbocycles. The molecule has 0 saturated heterocycles. The molecule has 0 aliphatic heterocycles. The minimum Gasteiger partial charge on any atom is -0.278 e. The largest absolute Gasteiger partial charge is 0.278 e. The number of rotatable bonds is 6. The first-order chi connectivity index (χ1) is 14.8. The van der Waals surface area contributed by atoms with Crippen molar-refractivity contribution in [3.8, 4) is 6.07 Å². The highest BCUT2D eigenvalue weighted by Crippen LogP contribution is 2.27. The highest BCUT2D eigenvalue weighted by Gasteiger charge is 2.18. The van der Waals surface area contributed by atoms with Crippen LogP contribution in [-0.4, -0.2) is 20.5 Å². The van der Waals surface area contributed by atoms with Crippen LogP contribution < -0.4 is 10.1 Å². The van der Waals surface area contributed by atoms with E-state index in [9.17, 15) is 13.2 Å². The Bertz CT molecular complexity index is 1300. The van der Waals surface area contributed by atoms with Gasteiger partial charge in [0.2, 0.25) is 0 Å². The molecular formula is C21H14Cl2N4O3S. The number of carbonyl (C=O) groups is 1. The van der Waals surface area contributed by atoms with Gasteiger partial charge in [0.15, 0.2) is 0 Å². The number of nitriles is 1. The third-order valence-corrected chi connectivity index (χ3v) is 5.93. The van der Waals surface area contributed by atoms with Gasteiger partial charge in [-0.15, -0.1) is 0 Å². The number of anilines is 1. The Kier molecular flexibility index (Phi) is 6.92. The van der Waals surface area contributed by atoms with Gasteiger partial charge in [0.25, 0.3) is 15.9 Å². The second-order valence-electron chi connectivity index (χ2n) is 6.19. The molecule has 3 aromatic rings. The van der Waals surface area contributed by atoms with E-state index in [2.05, 4.69) is 15.2 Å². The van der Waals surface area contributed by atoms with Crippen LogP contribution in [0.3, 0.4) is 0 Å². The van der Waals surface area contributed by atoms with Crippen molar-refractivity contribution in [2.75, 3.05) is 4.72 Å². The van der Waals surface area contributed by atoms with Crippen molar-refractivity contribution in [2.45, 2.75) is 4.90 Å². The number of hydrogen-bond acceptors (Lipinski definition) is 5. The molecule has 3 aromatic carbocycles. The Morgan fingerprint density at radius 1 is 1.03 bits per heavy atom. The van der Waals surface area contributed by atoms with Crippen LogP contribution in [0.2, 0.25) is 10.0 Å². The molecule has 0 saturated carbocycles. The van der Waals surface area contributed by atoms with E-state index >= 15 is 0 Å². The summed E-state index contributed by atoms with van der Waals surface area (Å²) in [5.41, 5.74) is 3.73. The summed E-state index contributed by atoms with van der Waals surface area (Å²) in [6.07, 6.45) is 1.41. The van der Waals surface area contributed by atoms with E-state index in [1.165, 1.54) is 48.7 Å². The predicted molar refractivity (Wildman–Crippen MR) is 120 cm³/mol. The van der Waals surface area contributed by atoms with Crippen LogP contribution >= 0.6 is 23.2 Å². The lowest BCUT2D eigenvalue weighted by molar-refractivity contribution is 0.0955. The summed E-state index contributed by atoms with van der Waals surface area (Å²) in [7, 11) is -4.02.